The van der Waals surface area contributed by atoms with Crippen LogP contribution in [0.15, 0.2) is 0 Å². The first-order chi connectivity index (χ1) is 14.9. The molecule has 10 N–H and O–H groups in total. The molecule has 4 unspecified atom stereocenters. The predicted octanol–water partition coefficient (Wildman–Crippen LogP) is -2.51. The van der Waals surface area contributed by atoms with Crippen molar-refractivity contribution in [3.63, 3.8) is 0 Å². The lowest BCUT2D eigenvalue weighted by Gasteiger charge is -2.25. The zero-order chi connectivity index (χ0) is 24.8. The van der Waals surface area contributed by atoms with Crippen molar-refractivity contribution >= 4 is 29.7 Å². The van der Waals surface area contributed by atoms with Gasteiger partial charge >= 0.3 is 11.9 Å². The zero-order valence-corrected chi connectivity index (χ0v) is 18.4. The van der Waals surface area contributed by atoms with E-state index in [1.807, 2.05) is 0 Å². The SMILES string of the molecule is CC(C)C(N)C(=O)NC(CCC(=O)O)C(=O)NC(CCCCN)C(=O)NC(CO)C(=O)O. The number of aliphatic hydroxyl groups excluding tert-OH is 1. The Morgan fingerprint density at radius 2 is 1.31 bits per heavy atom. The highest BCUT2D eigenvalue weighted by atomic mass is 16.4. The third-order valence-electron chi connectivity index (χ3n) is 4.68. The van der Waals surface area contributed by atoms with Gasteiger partial charge in [0.05, 0.1) is 12.6 Å². The van der Waals surface area contributed by atoms with E-state index in [1.165, 1.54) is 0 Å². The summed E-state index contributed by atoms with van der Waals surface area (Å²) in [5, 5.41) is 34.0. The van der Waals surface area contributed by atoms with Crippen molar-refractivity contribution < 1.29 is 39.3 Å². The Labute approximate surface area is 186 Å². The molecule has 0 bridgehead atoms. The Morgan fingerprint density at radius 1 is 0.812 bits per heavy atom. The number of aliphatic carboxylic acids is 2. The molecular formula is C19H35N5O8. The largest absolute Gasteiger partial charge is 0.481 e. The molecule has 0 radical (unpaired) electrons. The van der Waals surface area contributed by atoms with E-state index < -0.39 is 66.9 Å². The van der Waals surface area contributed by atoms with Crippen molar-refractivity contribution in [1.82, 2.24) is 16.0 Å². The number of hydrogen-bond donors (Lipinski definition) is 8. The molecule has 0 saturated heterocycles. The topological polar surface area (TPSA) is 234 Å². The molecular weight excluding hydrogens is 426 g/mol. The van der Waals surface area contributed by atoms with Gasteiger partial charge in [-0.2, -0.15) is 0 Å². The van der Waals surface area contributed by atoms with Gasteiger partial charge in [0.2, 0.25) is 17.7 Å². The van der Waals surface area contributed by atoms with Gasteiger partial charge in [0.25, 0.3) is 0 Å². The molecule has 0 heterocycles. The van der Waals surface area contributed by atoms with Gasteiger partial charge in [-0.3, -0.25) is 19.2 Å². The lowest BCUT2D eigenvalue weighted by Crippen LogP contribution is -2.57. The number of unbranched alkanes of at least 4 members (excludes halogenated alkanes) is 1. The fraction of sp³-hybridized carbons (Fsp3) is 0.737. The van der Waals surface area contributed by atoms with E-state index in [0.717, 1.165) is 0 Å². The quantitative estimate of drug-likeness (QED) is 0.112. The van der Waals surface area contributed by atoms with Gasteiger partial charge in [0.15, 0.2) is 0 Å². The van der Waals surface area contributed by atoms with E-state index in [-0.39, 0.29) is 18.8 Å². The Bertz CT molecular complexity index is 658. The summed E-state index contributed by atoms with van der Waals surface area (Å²) >= 11 is 0. The number of hydrogen-bond acceptors (Lipinski definition) is 8. The van der Waals surface area contributed by atoms with Crippen molar-refractivity contribution in [3.05, 3.63) is 0 Å². The van der Waals surface area contributed by atoms with Crippen LogP contribution in [0.25, 0.3) is 0 Å². The van der Waals surface area contributed by atoms with Crippen LogP contribution in [-0.4, -0.2) is 82.3 Å². The standard InChI is InChI=1S/C19H35N5O8/c1-10(2)15(21)18(30)23-12(6-7-14(26)27)17(29)22-11(5-3-4-8-20)16(28)24-13(9-25)19(31)32/h10-13,15,25H,3-9,20-21H2,1-2H3,(H,22,29)(H,23,30)(H,24,28)(H,26,27)(H,31,32). The minimum Gasteiger partial charge on any atom is -0.481 e. The molecule has 4 atom stereocenters. The Hall–Kier alpha value is -2.77. The molecule has 32 heavy (non-hydrogen) atoms. The molecule has 0 saturated carbocycles. The summed E-state index contributed by atoms with van der Waals surface area (Å²) in [4.78, 5) is 59.6. The summed E-state index contributed by atoms with van der Waals surface area (Å²) in [5.41, 5.74) is 11.2. The number of amides is 3. The minimum absolute atomic E-state index is 0.109. The van der Waals surface area contributed by atoms with Gasteiger partial charge in [0, 0.05) is 6.42 Å². The van der Waals surface area contributed by atoms with Crippen LogP contribution in [0.3, 0.4) is 0 Å². The van der Waals surface area contributed by atoms with Gasteiger partial charge < -0.3 is 42.7 Å². The summed E-state index contributed by atoms with van der Waals surface area (Å²) in [6.45, 7) is 2.89. The third-order valence-corrected chi connectivity index (χ3v) is 4.68. The van der Waals surface area contributed by atoms with Crippen molar-refractivity contribution in [1.29, 1.82) is 0 Å². The fourth-order valence-corrected chi connectivity index (χ4v) is 2.60. The molecule has 184 valence electrons. The van der Waals surface area contributed by atoms with Crippen molar-refractivity contribution in [2.24, 2.45) is 17.4 Å². The molecule has 0 spiro atoms. The molecule has 0 aromatic rings. The van der Waals surface area contributed by atoms with Crippen LogP contribution in [0.1, 0.15) is 46.0 Å². The Morgan fingerprint density at radius 3 is 1.75 bits per heavy atom. The molecule has 0 aromatic carbocycles. The molecule has 0 aliphatic rings. The number of nitrogens with one attached hydrogen (secondary N) is 3. The highest BCUT2D eigenvalue weighted by Crippen LogP contribution is 2.06. The maximum atomic E-state index is 12.8. The van der Waals surface area contributed by atoms with Crippen molar-refractivity contribution in [3.8, 4) is 0 Å². The van der Waals surface area contributed by atoms with Crippen LogP contribution in [0.4, 0.5) is 0 Å². The first-order valence-electron chi connectivity index (χ1n) is 10.4. The molecule has 13 nitrogen and oxygen atoms in total. The van der Waals surface area contributed by atoms with E-state index in [4.69, 9.17) is 26.8 Å². The smallest absolute Gasteiger partial charge is 0.328 e. The number of carboxylic acids is 2. The molecule has 0 aromatic heterocycles. The fourth-order valence-electron chi connectivity index (χ4n) is 2.60. The van der Waals surface area contributed by atoms with E-state index in [9.17, 15) is 24.0 Å². The summed E-state index contributed by atoms with van der Waals surface area (Å²) in [6.07, 6.45) is 0.395. The number of carboxylic acid groups (broad SMARTS) is 2. The van der Waals surface area contributed by atoms with E-state index in [0.29, 0.717) is 19.4 Å². The normalized spacial score (nSPS) is 14.7. The van der Waals surface area contributed by atoms with Crippen LogP contribution in [-0.2, 0) is 24.0 Å². The maximum absolute atomic E-state index is 12.8. The van der Waals surface area contributed by atoms with Crippen molar-refractivity contribution in [2.45, 2.75) is 70.1 Å². The van der Waals surface area contributed by atoms with Gasteiger partial charge in [-0.1, -0.05) is 13.8 Å². The van der Waals surface area contributed by atoms with Gasteiger partial charge in [-0.05, 0) is 38.1 Å². The molecule has 0 aliphatic heterocycles. The van der Waals surface area contributed by atoms with Crippen LogP contribution in [0.5, 0.6) is 0 Å². The average molecular weight is 462 g/mol. The van der Waals surface area contributed by atoms with E-state index in [1.54, 1.807) is 13.8 Å². The lowest BCUT2D eigenvalue weighted by atomic mass is 10.0. The second kappa shape index (κ2) is 15.1. The number of aliphatic hydroxyl groups is 1. The molecule has 3 amide bonds. The summed E-state index contributed by atoms with van der Waals surface area (Å²) < 4.78 is 0. The van der Waals surface area contributed by atoms with Crippen LogP contribution < -0.4 is 27.4 Å². The number of carbonyl (C=O) groups excluding carboxylic acids is 3. The van der Waals surface area contributed by atoms with Crippen LogP contribution >= 0.6 is 0 Å². The number of nitrogens with two attached hydrogens (primary N) is 2. The van der Waals surface area contributed by atoms with E-state index in [2.05, 4.69) is 16.0 Å². The summed E-state index contributed by atoms with van der Waals surface area (Å²) in [6, 6.07) is -4.96. The summed E-state index contributed by atoms with van der Waals surface area (Å²) in [5.74, 6) is -5.20. The van der Waals surface area contributed by atoms with E-state index >= 15 is 0 Å². The van der Waals surface area contributed by atoms with Crippen LogP contribution in [0.2, 0.25) is 0 Å². The highest BCUT2D eigenvalue weighted by molar-refractivity contribution is 5.94. The van der Waals surface area contributed by atoms with Gasteiger partial charge in [-0.25, -0.2) is 4.79 Å². The van der Waals surface area contributed by atoms with Crippen molar-refractivity contribution in [2.75, 3.05) is 13.2 Å². The third kappa shape index (κ3) is 11.0. The first-order valence-corrected chi connectivity index (χ1v) is 10.4. The Balaban J connectivity index is 5.48. The number of rotatable bonds is 16. The minimum atomic E-state index is -1.57. The number of carbonyl (C=O) groups is 5. The average Bonchev–Trinajstić information content (AvgIpc) is 2.72. The highest BCUT2D eigenvalue weighted by Gasteiger charge is 2.30. The molecule has 0 rings (SSSR count). The molecule has 0 fully saturated rings. The Kier molecular flexibility index (Phi) is 13.8. The zero-order valence-electron chi connectivity index (χ0n) is 18.4. The second-order valence-corrected chi connectivity index (χ2v) is 7.69. The molecule has 0 aliphatic carbocycles. The maximum Gasteiger partial charge on any atom is 0.328 e. The molecule has 13 heteroatoms. The van der Waals surface area contributed by atoms with Gasteiger partial charge in [-0.15, -0.1) is 0 Å². The lowest BCUT2D eigenvalue weighted by molar-refractivity contribution is -0.143. The predicted molar refractivity (Wildman–Crippen MR) is 113 cm³/mol. The van der Waals surface area contributed by atoms with Crippen LogP contribution in [0, 0.1) is 5.92 Å². The monoisotopic (exact) mass is 461 g/mol. The summed E-state index contributed by atoms with van der Waals surface area (Å²) in [7, 11) is 0. The second-order valence-electron chi connectivity index (χ2n) is 7.69. The first kappa shape index (κ1) is 29.2. The van der Waals surface area contributed by atoms with Gasteiger partial charge in [0.1, 0.15) is 18.1 Å².